The van der Waals surface area contributed by atoms with Crippen molar-refractivity contribution in [2.45, 2.75) is 24.7 Å². The minimum atomic E-state index is -3.82. The zero-order valence-corrected chi connectivity index (χ0v) is 17.6. The fourth-order valence-corrected chi connectivity index (χ4v) is 5.31. The van der Waals surface area contributed by atoms with E-state index in [-0.39, 0.29) is 22.9 Å². The highest BCUT2D eigenvalue weighted by atomic mass is 32.2. The van der Waals surface area contributed by atoms with Crippen LogP contribution in [0.4, 0.5) is 5.69 Å². The van der Waals surface area contributed by atoms with E-state index in [1.807, 2.05) is 31.2 Å². The van der Waals surface area contributed by atoms with Crippen LogP contribution in [0.25, 0.3) is 11.1 Å². The van der Waals surface area contributed by atoms with Gasteiger partial charge in [0.15, 0.2) is 5.58 Å². The van der Waals surface area contributed by atoms with Gasteiger partial charge in [-0.15, -0.1) is 0 Å². The van der Waals surface area contributed by atoms with E-state index in [0.717, 1.165) is 5.56 Å². The zero-order valence-electron chi connectivity index (χ0n) is 16.8. The molecular weight excluding hydrogens is 406 g/mol. The van der Waals surface area contributed by atoms with Gasteiger partial charge in [-0.05, 0) is 49.6 Å². The molecule has 2 aromatic carbocycles. The molecule has 1 amide bonds. The third-order valence-corrected chi connectivity index (χ3v) is 7.30. The van der Waals surface area contributed by atoms with Gasteiger partial charge in [-0.1, -0.05) is 12.1 Å². The highest BCUT2D eigenvalue weighted by Gasteiger charge is 2.33. The Bertz CT molecular complexity index is 1280. The van der Waals surface area contributed by atoms with Crippen molar-refractivity contribution in [2.24, 2.45) is 13.0 Å². The number of anilines is 1. The first kappa shape index (κ1) is 20.4. The van der Waals surface area contributed by atoms with Crippen LogP contribution in [0.2, 0.25) is 0 Å². The average Bonchev–Trinajstić information content (AvgIpc) is 3.01. The fraction of sp³-hybridized carbons (Fsp3) is 0.333. The third-order valence-electron chi connectivity index (χ3n) is 5.44. The van der Waals surface area contributed by atoms with E-state index in [1.165, 1.54) is 21.0 Å². The van der Waals surface area contributed by atoms with Crippen molar-refractivity contribution in [3.8, 4) is 0 Å². The Morgan fingerprint density at radius 2 is 2.00 bits per heavy atom. The standard InChI is InChI=1S/C21H23N3O5S/c1-14-5-3-7-16(11-14)22-20(25)15-6-4-10-24(13-15)30(27,28)17-8-9-18-19(12-17)29-21(26)23(18)2/h3,5,7-9,11-12,15H,4,6,10,13H2,1-2H3,(H,22,25)/t15-/m0/s1. The number of sulfonamides is 1. The summed E-state index contributed by atoms with van der Waals surface area (Å²) in [4.78, 5) is 24.4. The second-order valence-electron chi connectivity index (χ2n) is 7.62. The minimum Gasteiger partial charge on any atom is -0.408 e. The number of hydrogen-bond donors (Lipinski definition) is 1. The molecule has 30 heavy (non-hydrogen) atoms. The van der Waals surface area contributed by atoms with Gasteiger partial charge in [0.1, 0.15) is 0 Å². The number of carbonyl (C=O) groups excluding carboxylic acids is 1. The third kappa shape index (κ3) is 3.78. The molecule has 0 spiro atoms. The van der Waals surface area contributed by atoms with Crippen LogP contribution in [0.1, 0.15) is 18.4 Å². The van der Waals surface area contributed by atoms with Gasteiger partial charge in [0.2, 0.25) is 15.9 Å². The lowest BCUT2D eigenvalue weighted by molar-refractivity contribution is -0.120. The molecule has 1 aromatic heterocycles. The molecule has 0 aliphatic carbocycles. The summed E-state index contributed by atoms with van der Waals surface area (Å²) in [6, 6.07) is 11.9. The topological polar surface area (TPSA) is 102 Å². The van der Waals surface area contributed by atoms with Crippen molar-refractivity contribution >= 4 is 32.7 Å². The Kier molecular flexibility index (Phi) is 5.25. The van der Waals surface area contributed by atoms with Crippen molar-refractivity contribution in [3.63, 3.8) is 0 Å². The SMILES string of the molecule is Cc1cccc(NC(=O)[C@H]2CCCN(S(=O)(=O)c3ccc4c(c3)oc(=O)n4C)C2)c1. The number of carbonyl (C=O) groups is 1. The summed E-state index contributed by atoms with van der Waals surface area (Å²) >= 11 is 0. The smallest absolute Gasteiger partial charge is 0.408 e. The van der Waals surface area contributed by atoms with E-state index in [9.17, 15) is 18.0 Å². The maximum atomic E-state index is 13.2. The highest BCUT2D eigenvalue weighted by molar-refractivity contribution is 7.89. The predicted molar refractivity (Wildman–Crippen MR) is 113 cm³/mol. The zero-order chi connectivity index (χ0) is 21.5. The van der Waals surface area contributed by atoms with E-state index < -0.39 is 21.7 Å². The summed E-state index contributed by atoms with van der Waals surface area (Å²) in [5.41, 5.74) is 2.47. The summed E-state index contributed by atoms with van der Waals surface area (Å²) < 4.78 is 34.1. The van der Waals surface area contributed by atoms with Gasteiger partial charge < -0.3 is 9.73 Å². The number of benzene rings is 2. The Morgan fingerprint density at radius 3 is 2.77 bits per heavy atom. The van der Waals surface area contributed by atoms with Gasteiger partial charge in [0.05, 0.1) is 16.3 Å². The van der Waals surface area contributed by atoms with E-state index in [4.69, 9.17) is 4.42 Å². The van der Waals surface area contributed by atoms with Crippen molar-refractivity contribution < 1.29 is 17.6 Å². The molecule has 158 valence electrons. The number of hydrogen-bond acceptors (Lipinski definition) is 5. The molecule has 1 saturated heterocycles. The normalized spacial score (nSPS) is 17.9. The molecule has 3 aromatic rings. The lowest BCUT2D eigenvalue weighted by atomic mass is 9.98. The molecule has 0 saturated carbocycles. The second kappa shape index (κ2) is 7.73. The van der Waals surface area contributed by atoms with Gasteiger partial charge >= 0.3 is 5.76 Å². The Labute approximate surface area is 174 Å². The van der Waals surface area contributed by atoms with Gasteiger partial charge in [0.25, 0.3) is 0 Å². The molecule has 1 fully saturated rings. The van der Waals surface area contributed by atoms with Crippen molar-refractivity contribution in [2.75, 3.05) is 18.4 Å². The first-order valence-electron chi connectivity index (χ1n) is 9.73. The molecular formula is C21H23N3O5S. The monoisotopic (exact) mass is 429 g/mol. The molecule has 0 unspecified atom stereocenters. The van der Waals surface area contributed by atoms with E-state index in [1.54, 1.807) is 13.1 Å². The minimum absolute atomic E-state index is 0.0455. The molecule has 1 N–H and O–H groups in total. The number of aromatic nitrogens is 1. The summed E-state index contributed by atoms with van der Waals surface area (Å²) in [5, 5.41) is 2.88. The summed E-state index contributed by atoms with van der Waals surface area (Å²) in [6.07, 6.45) is 1.21. The number of nitrogens with zero attached hydrogens (tertiary/aromatic N) is 2. The molecule has 0 radical (unpaired) electrons. The van der Waals surface area contributed by atoms with E-state index in [0.29, 0.717) is 30.6 Å². The molecule has 0 bridgehead atoms. The van der Waals surface area contributed by atoms with Gasteiger partial charge in [-0.3, -0.25) is 9.36 Å². The highest BCUT2D eigenvalue weighted by Crippen LogP contribution is 2.26. The number of piperidine rings is 1. The number of nitrogens with one attached hydrogen (secondary N) is 1. The lowest BCUT2D eigenvalue weighted by Crippen LogP contribution is -2.43. The molecule has 9 heteroatoms. The molecule has 2 heterocycles. The molecule has 4 rings (SSSR count). The number of rotatable bonds is 4. The van der Waals surface area contributed by atoms with E-state index in [2.05, 4.69) is 5.32 Å². The van der Waals surface area contributed by atoms with Gasteiger partial charge in [0, 0.05) is 31.9 Å². The number of fused-ring (bicyclic) bond motifs is 1. The molecule has 8 nitrogen and oxygen atoms in total. The summed E-state index contributed by atoms with van der Waals surface area (Å²) in [5.74, 6) is -1.18. The van der Waals surface area contributed by atoms with Gasteiger partial charge in [-0.25, -0.2) is 13.2 Å². The Balaban J connectivity index is 1.54. The van der Waals surface area contributed by atoms with Crippen LogP contribution in [-0.4, -0.2) is 36.3 Å². The fourth-order valence-electron chi connectivity index (χ4n) is 3.77. The largest absolute Gasteiger partial charge is 0.419 e. The van der Waals surface area contributed by atoms with E-state index >= 15 is 0 Å². The molecule has 1 aliphatic heterocycles. The predicted octanol–water partition coefficient (Wildman–Crippen LogP) is 2.48. The number of aryl methyl sites for hydroxylation is 2. The van der Waals surface area contributed by atoms with Crippen LogP contribution in [0.15, 0.2) is 56.6 Å². The van der Waals surface area contributed by atoms with Gasteiger partial charge in [-0.2, -0.15) is 4.31 Å². The van der Waals surface area contributed by atoms with Crippen molar-refractivity contribution in [1.82, 2.24) is 8.87 Å². The summed E-state index contributed by atoms with van der Waals surface area (Å²) in [7, 11) is -2.26. The second-order valence-corrected chi connectivity index (χ2v) is 9.56. The Hall–Kier alpha value is -2.91. The number of oxazole rings is 1. The first-order valence-corrected chi connectivity index (χ1v) is 11.2. The Morgan fingerprint density at radius 1 is 1.20 bits per heavy atom. The van der Waals surface area contributed by atoms with Crippen LogP contribution in [0.3, 0.4) is 0 Å². The molecule has 1 atom stereocenters. The quantitative estimate of drug-likeness (QED) is 0.687. The number of amides is 1. The first-order chi connectivity index (χ1) is 14.3. The maximum Gasteiger partial charge on any atom is 0.419 e. The van der Waals surface area contributed by atoms with Crippen molar-refractivity contribution in [1.29, 1.82) is 0 Å². The van der Waals surface area contributed by atoms with Crippen LogP contribution in [0, 0.1) is 12.8 Å². The molecule has 1 aliphatic rings. The van der Waals surface area contributed by atoms with Crippen LogP contribution >= 0.6 is 0 Å². The van der Waals surface area contributed by atoms with Crippen LogP contribution in [-0.2, 0) is 21.9 Å². The van der Waals surface area contributed by atoms with Crippen LogP contribution in [0.5, 0.6) is 0 Å². The van der Waals surface area contributed by atoms with Crippen molar-refractivity contribution in [3.05, 3.63) is 58.6 Å². The lowest BCUT2D eigenvalue weighted by Gasteiger charge is -2.31. The summed E-state index contributed by atoms with van der Waals surface area (Å²) in [6.45, 7) is 2.39. The van der Waals surface area contributed by atoms with Crippen LogP contribution < -0.4 is 11.1 Å². The maximum absolute atomic E-state index is 13.2. The average molecular weight is 429 g/mol.